The van der Waals surface area contributed by atoms with Gasteiger partial charge in [0.25, 0.3) is 0 Å². The zero-order valence-electron chi connectivity index (χ0n) is 7.38. The predicted octanol–water partition coefficient (Wildman–Crippen LogP) is 2.53. The maximum atomic E-state index is 5.38. The second-order valence-corrected chi connectivity index (χ2v) is 3.87. The molecule has 13 heavy (non-hydrogen) atoms. The molecule has 2 rings (SSSR count). The van der Waals surface area contributed by atoms with E-state index in [2.05, 4.69) is 40.0 Å². The third-order valence-corrected chi connectivity index (χ3v) is 2.60. The van der Waals surface area contributed by atoms with Gasteiger partial charge >= 0.3 is 0 Å². The van der Waals surface area contributed by atoms with Crippen LogP contribution in [0, 0.1) is 6.92 Å². The molecule has 1 aliphatic heterocycles. The summed E-state index contributed by atoms with van der Waals surface area (Å²) in [5.41, 5.74) is 2.28. The van der Waals surface area contributed by atoms with E-state index in [-0.39, 0.29) is 0 Å². The van der Waals surface area contributed by atoms with E-state index in [1.807, 2.05) is 6.07 Å². The summed E-state index contributed by atoms with van der Waals surface area (Å²) in [4.78, 5) is 4.26. The monoisotopic (exact) mass is 239 g/mol. The third kappa shape index (κ3) is 1.75. The van der Waals surface area contributed by atoms with Crippen molar-refractivity contribution in [3.05, 3.63) is 33.8 Å². The molecular formula is C10H10BrNO. The minimum atomic E-state index is 0.704. The van der Waals surface area contributed by atoms with E-state index in [9.17, 15) is 0 Å². The zero-order chi connectivity index (χ0) is 9.26. The van der Waals surface area contributed by atoms with Crippen LogP contribution in [-0.4, -0.2) is 19.0 Å². The molecule has 0 aliphatic carbocycles. The van der Waals surface area contributed by atoms with Crippen LogP contribution in [0.15, 0.2) is 27.7 Å². The molecule has 3 heteroatoms. The van der Waals surface area contributed by atoms with Gasteiger partial charge < -0.3 is 4.74 Å². The normalized spacial score (nSPS) is 15.4. The lowest BCUT2D eigenvalue weighted by atomic mass is 10.1. The lowest BCUT2D eigenvalue weighted by molar-refractivity contribution is 0.348. The molecule has 2 nitrogen and oxygen atoms in total. The first-order chi connectivity index (χ1) is 6.27. The Labute approximate surface area is 85.8 Å². The Hall–Kier alpha value is -0.830. The van der Waals surface area contributed by atoms with E-state index < -0.39 is 0 Å². The highest BCUT2D eigenvalue weighted by Gasteiger charge is 2.12. The summed E-state index contributed by atoms with van der Waals surface area (Å²) >= 11 is 3.50. The van der Waals surface area contributed by atoms with Gasteiger partial charge in [-0.05, 0) is 40.5 Å². The third-order valence-electron chi connectivity index (χ3n) is 1.94. The van der Waals surface area contributed by atoms with E-state index in [0.29, 0.717) is 6.61 Å². The second-order valence-electron chi connectivity index (χ2n) is 3.02. The molecule has 0 amide bonds. The number of aryl methyl sites for hydroxylation is 1. The number of nitrogens with zero attached hydrogens (tertiary/aromatic N) is 1. The van der Waals surface area contributed by atoms with Gasteiger partial charge in [-0.2, -0.15) is 0 Å². The van der Waals surface area contributed by atoms with Crippen molar-refractivity contribution in [2.24, 2.45) is 4.99 Å². The Morgan fingerprint density at radius 2 is 2.31 bits per heavy atom. The number of benzene rings is 1. The number of halogens is 1. The van der Waals surface area contributed by atoms with Gasteiger partial charge in [-0.15, -0.1) is 0 Å². The molecule has 0 saturated heterocycles. The van der Waals surface area contributed by atoms with Gasteiger partial charge in [0.05, 0.1) is 12.1 Å². The van der Waals surface area contributed by atoms with Gasteiger partial charge in [0.2, 0.25) is 5.90 Å². The first-order valence-corrected chi connectivity index (χ1v) is 5.00. The molecule has 0 aromatic heterocycles. The lowest BCUT2D eigenvalue weighted by Crippen LogP contribution is -2.01. The minimum absolute atomic E-state index is 0.704. The standard InChI is InChI=1S/C10H10BrNO/c1-7-2-3-8(9(11)6-7)10-12-4-5-13-10/h2-3,6H,4-5H2,1H3. The van der Waals surface area contributed by atoms with Gasteiger partial charge in [0.1, 0.15) is 6.61 Å². The maximum absolute atomic E-state index is 5.38. The minimum Gasteiger partial charge on any atom is -0.475 e. The molecule has 0 unspecified atom stereocenters. The highest BCUT2D eigenvalue weighted by atomic mass is 79.9. The summed E-state index contributed by atoms with van der Waals surface area (Å²) in [6.07, 6.45) is 0. The van der Waals surface area contributed by atoms with Gasteiger partial charge in [0, 0.05) is 4.47 Å². The fourth-order valence-electron chi connectivity index (χ4n) is 1.29. The highest BCUT2D eigenvalue weighted by Crippen LogP contribution is 2.20. The van der Waals surface area contributed by atoms with Crippen LogP contribution in [0.2, 0.25) is 0 Å². The number of aliphatic imine (C=N–C) groups is 1. The smallest absolute Gasteiger partial charge is 0.217 e. The van der Waals surface area contributed by atoms with E-state index in [0.717, 1.165) is 22.5 Å². The van der Waals surface area contributed by atoms with Gasteiger partial charge in [0.15, 0.2) is 0 Å². The summed E-state index contributed by atoms with van der Waals surface area (Å²) in [5, 5.41) is 0. The lowest BCUT2D eigenvalue weighted by Gasteiger charge is -2.04. The van der Waals surface area contributed by atoms with Crippen LogP contribution < -0.4 is 0 Å². The van der Waals surface area contributed by atoms with E-state index in [1.54, 1.807) is 0 Å². The summed E-state index contributed by atoms with van der Waals surface area (Å²) in [6.45, 7) is 3.54. The molecule has 1 aliphatic rings. The van der Waals surface area contributed by atoms with Crippen molar-refractivity contribution < 1.29 is 4.74 Å². The number of hydrogen-bond donors (Lipinski definition) is 0. The van der Waals surface area contributed by atoms with Gasteiger partial charge in [-0.1, -0.05) is 6.07 Å². The Kier molecular flexibility index (Phi) is 2.36. The van der Waals surface area contributed by atoms with Crippen molar-refractivity contribution in [2.45, 2.75) is 6.92 Å². The van der Waals surface area contributed by atoms with Crippen molar-refractivity contribution in [2.75, 3.05) is 13.2 Å². The van der Waals surface area contributed by atoms with E-state index >= 15 is 0 Å². The summed E-state index contributed by atoms with van der Waals surface area (Å²) in [7, 11) is 0. The molecule has 0 bridgehead atoms. The Bertz CT molecular complexity index is 360. The van der Waals surface area contributed by atoms with Crippen LogP contribution in [0.1, 0.15) is 11.1 Å². The molecule has 1 aromatic rings. The Morgan fingerprint density at radius 1 is 1.46 bits per heavy atom. The average Bonchev–Trinajstić information content (AvgIpc) is 2.56. The van der Waals surface area contributed by atoms with E-state index in [4.69, 9.17) is 4.74 Å². The van der Waals surface area contributed by atoms with Gasteiger partial charge in [-0.25, -0.2) is 4.99 Å². The molecule has 68 valence electrons. The molecule has 0 spiro atoms. The SMILES string of the molecule is Cc1ccc(C2=NCCO2)c(Br)c1. The van der Waals surface area contributed by atoms with Crippen molar-refractivity contribution in [3.63, 3.8) is 0 Å². The fourth-order valence-corrected chi connectivity index (χ4v) is 1.95. The zero-order valence-corrected chi connectivity index (χ0v) is 8.97. The number of rotatable bonds is 1. The quantitative estimate of drug-likeness (QED) is 0.739. The number of ether oxygens (including phenoxy) is 1. The van der Waals surface area contributed by atoms with Crippen molar-refractivity contribution >= 4 is 21.8 Å². The molecule has 0 atom stereocenters. The van der Waals surface area contributed by atoms with Crippen LogP contribution >= 0.6 is 15.9 Å². The molecule has 1 aromatic carbocycles. The molecule has 1 heterocycles. The van der Waals surface area contributed by atoms with Crippen molar-refractivity contribution in [1.82, 2.24) is 0 Å². The maximum Gasteiger partial charge on any atom is 0.217 e. The van der Waals surface area contributed by atoms with Crippen LogP contribution in [0.5, 0.6) is 0 Å². The topological polar surface area (TPSA) is 21.6 Å². The molecule has 0 fully saturated rings. The molecule has 0 N–H and O–H groups in total. The number of hydrogen-bond acceptors (Lipinski definition) is 2. The van der Waals surface area contributed by atoms with Crippen molar-refractivity contribution in [3.8, 4) is 0 Å². The average molecular weight is 240 g/mol. The second kappa shape index (κ2) is 3.50. The largest absolute Gasteiger partial charge is 0.475 e. The summed E-state index contributed by atoms with van der Waals surface area (Å²) in [5.74, 6) is 0.756. The fraction of sp³-hybridized carbons (Fsp3) is 0.300. The highest BCUT2D eigenvalue weighted by molar-refractivity contribution is 9.10. The summed E-state index contributed by atoms with van der Waals surface area (Å²) in [6, 6.07) is 6.16. The molecular weight excluding hydrogens is 230 g/mol. The molecule has 0 saturated carbocycles. The van der Waals surface area contributed by atoms with Crippen LogP contribution in [0.3, 0.4) is 0 Å². The van der Waals surface area contributed by atoms with Gasteiger partial charge in [-0.3, -0.25) is 0 Å². The molecule has 0 radical (unpaired) electrons. The predicted molar refractivity (Wildman–Crippen MR) is 56.2 cm³/mol. The Morgan fingerprint density at radius 3 is 2.92 bits per heavy atom. The first-order valence-electron chi connectivity index (χ1n) is 4.21. The first kappa shape index (κ1) is 8.75. The van der Waals surface area contributed by atoms with E-state index in [1.165, 1.54) is 5.56 Å². The van der Waals surface area contributed by atoms with Crippen LogP contribution in [-0.2, 0) is 4.74 Å². The summed E-state index contributed by atoms with van der Waals surface area (Å²) < 4.78 is 6.43. The van der Waals surface area contributed by atoms with Crippen LogP contribution in [0.25, 0.3) is 0 Å². The Balaban J connectivity index is 2.40. The van der Waals surface area contributed by atoms with Crippen LogP contribution in [0.4, 0.5) is 0 Å². The van der Waals surface area contributed by atoms with Crippen molar-refractivity contribution in [1.29, 1.82) is 0 Å².